The van der Waals surface area contributed by atoms with E-state index in [-0.39, 0.29) is 5.91 Å². The molecule has 1 aromatic rings. The Bertz CT molecular complexity index is 575. The second-order valence-electron chi connectivity index (χ2n) is 4.69. The number of amides is 1. The molecule has 0 radical (unpaired) electrons. The fraction of sp³-hybridized carbons (Fsp3) is 0.429. The second kappa shape index (κ2) is 6.34. The number of likely N-dealkylation sites (tertiary alicyclic amines) is 1. The minimum absolute atomic E-state index is 0.318. The number of methoxy groups -OCH3 is 2. The molecule has 21 heavy (non-hydrogen) atoms. The van der Waals surface area contributed by atoms with Crippen LogP contribution in [0, 0.1) is 0 Å². The molecule has 0 saturated carbocycles. The third kappa shape index (κ3) is 2.97. The summed E-state index contributed by atoms with van der Waals surface area (Å²) in [6, 6.07) is 2.41. The van der Waals surface area contributed by atoms with Gasteiger partial charge in [0.15, 0.2) is 11.5 Å². The quantitative estimate of drug-likeness (QED) is 0.893. The molecule has 0 bridgehead atoms. The molecule has 0 spiro atoms. The zero-order chi connectivity index (χ0) is 15.6. The molecule has 1 aromatic carbocycles. The van der Waals surface area contributed by atoms with Crippen LogP contribution < -0.4 is 9.47 Å². The Morgan fingerprint density at radius 1 is 1.33 bits per heavy atom. The fourth-order valence-corrected chi connectivity index (χ4v) is 3.08. The standard InChI is InChI=1S/C14H16BrNO5/c1-20-11-7-8(6-9(15)12(11)21-2)13(17)16-5-3-4-10(16)14(18)19/h6-7,10H,3-5H2,1-2H3,(H,18,19)/t10-/m0/s1. The van der Waals surface area contributed by atoms with Gasteiger partial charge >= 0.3 is 5.97 Å². The smallest absolute Gasteiger partial charge is 0.326 e. The number of carboxylic acid groups (broad SMARTS) is 1. The van der Waals surface area contributed by atoms with Crippen molar-refractivity contribution in [3.8, 4) is 11.5 Å². The van der Waals surface area contributed by atoms with Gasteiger partial charge in [-0.25, -0.2) is 4.79 Å². The number of carbonyl (C=O) groups excluding carboxylic acids is 1. The minimum atomic E-state index is -0.972. The van der Waals surface area contributed by atoms with Gasteiger partial charge in [0.1, 0.15) is 6.04 Å². The summed E-state index contributed by atoms with van der Waals surface area (Å²) in [4.78, 5) is 25.1. The number of rotatable bonds is 4. The first-order valence-electron chi connectivity index (χ1n) is 6.45. The van der Waals surface area contributed by atoms with E-state index in [1.165, 1.54) is 19.1 Å². The molecule has 2 rings (SSSR count). The summed E-state index contributed by atoms with van der Waals surface area (Å²) in [5.41, 5.74) is 0.368. The molecular weight excluding hydrogens is 342 g/mol. The lowest BCUT2D eigenvalue weighted by molar-refractivity contribution is -0.141. The highest BCUT2D eigenvalue weighted by atomic mass is 79.9. The van der Waals surface area contributed by atoms with Gasteiger partial charge in [-0.05, 0) is 40.9 Å². The minimum Gasteiger partial charge on any atom is -0.493 e. The van der Waals surface area contributed by atoms with Crippen LogP contribution in [0.5, 0.6) is 11.5 Å². The Balaban J connectivity index is 2.35. The lowest BCUT2D eigenvalue weighted by atomic mass is 10.1. The molecule has 1 aliphatic heterocycles. The zero-order valence-electron chi connectivity index (χ0n) is 11.8. The van der Waals surface area contributed by atoms with Gasteiger partial charge in [0.2, 0.25) is 0 Å². The van der Waals surface area contributed by atoms with Crippen LogP contribution in [0.25, 0.3) is 0 Å². The van der Waals surface area contributed by atoms with E-state index in [1.54, 1.807) is 12.1 Å². The van der Waals surface area contributed by atoms with E-state index in [4.69, 9.17) is 14.6 Å². The molecule has 1 aliphatic rings. The predicted octanol–water partition coefficient (Wildman–Crippen LogP) is 2.16. The Kier molecular flexibility index (Phi) is 4.72. The number of carbonyl (C=O) groups is 2. The first-order valence-corrected chi connectivity index (χ1v) is 7.24. The number of aliphatic carboxylic acids is 1. The van der Waals surface area contributed by atoms with Gasteiger partial charge in [-0.15, -0.1) is 0 Å². The molecule has 1 amide bonds. The largest absolute Gasteiger partial charge is 0.493 e. The Hall–Kier alpha value is -1.76. The number of benzene rings is 1. The zero-order valence-corrected chi connectivity index (χ0v) is 13.3. The first kappa shape index (κ1) is 15.6. The molecule has 0 unspecified atom stereocenters. The van der Waals surface area contributed by atoms with Gasteiger partial charge in [-0.3, -0.25) is 4.79 Å². The highest BCUT2D eigenvalue weighted by Gasteiger charge is 2.34. The molecule has 1 fully saturated rings. The SMILES string of the molecule is COc1cc(C(=O)N2CCC[C@H]2C(=O)O)cc(Br)c1OC. The summed E-state index contributed by atoms with van der Waals surface area (Å²) < 4.78 is 11.0. The average Bonchev–Trinajstić information content (AvgIpc) is 2.95. The number of ether oxygens (including phenoxy) is 2. The van der Waals surface area contributed by atoms with Crippen LogP contribution >= 0.6 is 15.9 Å². The van der Waals surface area contributed by atoms with E-state index in [0.717, 1.165) is 0 Å². The van der Waals surface area contributed by atoms with Crippen molar-refractivity contribution in [2.24, 2.45) is 0 Å². The van der Waals surface area contributed by atoms with Gasteiger partial charge in [0.05, 0.1) is 18.7 Å². The van der Waals surface area contributed by atoms with E-state index in [1.807, 2.05) is 0 Å². The van der Waals surface area contributed by atoms with Gasteiger partial charge in [0.25, 0.3) is 5.91 Å². The summed E-state index contributed by atoms with van der Waals surface area (Å²) in [5.74, 6) is -0.381. The topological polar surface area (TPSA) is 76.1 Å². The Morgan fingerprint density at radius 3 is 2.62 bits per heavy atom. The van der Waals surface area contributed by atoms with Crippen LogP contribution in [-0.2, 0) is 4.79 Å². The maximum Gasteiger partial charge on any atom is 0.326 e. The third-order valence-electron chi connectivity index (χ3n) is 3.48. The molecule has 1 atom stereocenters. The summed E-state index contributed by atoms with van der Waals surface area (Å²) in [6.45, 7) is 0.446. The lowest BCUT2D eigenvalue weighted by Gasteiger charge is -2.22. The average molecular weight is 358 g/mol. The number of carboxylic acids is 1. The van der Waals surface area contributed by atoms with E-state index < -0.39 is 12.0 Å². The van der Waals surface area contributed by atoms with Crippen molar-refractivity contribution in [3.05, 3.63) is 22.2 Å². The van der Waals surface area contributed by atoms with E-state index in [0.29, 0.717) is 40.9 Å². The summed E-state index contributed by atoms with van der Waals surface area (Å²) in [6.07, 6.45) is 1.17. The molecule has 114 valence electrons. The normalized spacial score (nSPS) is 17.7. The van der Waals surface area contributed by atoms with Crippen molar-refractivity contribution in [1.82, 2.24) is 4.90 Å². The third-order valence-corrected chi connectivity index (χ3v) is 4.07. The van der Waals surface area contributed by atoms with Crippen LogP contribution in [0.4, 0.5) is 0 Å². The van der Waals surface area contributed by atoms with E-state index in [2.05, 4.69) is 15.9 Å². The lowest BCUT2D eigenvalue weighted by Crippen LogP contribution is -2.40. The Labute approximate surface area is 130 Å². The first-order chi connectivity index (χ1) is 9.99. The Morgan fingerprint density at radius 2 is 2.05 bits per heavy atom. The van der Waals surface area contributed by atoms with E-state index >= 15 is 0 Å². The summed E-state index contributed by atoms with van der Waals surface area (Å²) in [5, 5.41) is 9.17. The van der Waals surface area contributed by atoms with Crippen molar-refractivity contribution < 1.29 is 24.2 Å². The number of nitrogens with zero attached hydrogens (tertiary/aromatic N) is 1. The molecule has 7 heteroatoms. The van der Waals surface area contributed by atoms with Crippen molar-refractivity contribution in [1.29, 1.82) is 0 Å². The van der Waals surface area contributed by atoms with Crippen LogP contribution in [0.15, 0.2) is 16.6 Å². The van der Waals surface area contributed by atoms with Gasteiger partial charge in [-0.1, -0.05) is 0 Å². The fourth-order valence-electron chi connectivity index (χ4n) is 2.47. The van der Waals surface area contributed by atoms with Gasteiger partial charge < -0.3 is 19.5 Å². The number of hydrogen-bond donors (Lipinski definition) is 1. The maximum absolute atomic E-state index is 12.5. The molecule has 6 nitrogen and oxygen atoms in total. The molecule has 1 heterocycles. The van der Waals surface area contributed by atoms with Crippen LogP contribution in [0.3, 0.4) is 0 Å². The molecule has 1 saturated heterocycles. The molecule has 0 aromatic heterocycles. The summed E-state index contributed by atoms with van der Waals surface area (Å²) in [7, 11) is 2.99. The van der Waals surface area contributed by atoms with Crippen LogP contribution in [0.2, 0.25) is 0 Å². The van der Waals surface area contributed by atoms with Crippen molar-refractivity contribution in [3.63, 3.8) is 0 Å². The second-order valence-corrected chi connectivity index (χ2v) is 5.54. The molecule has 0 aliphatic carbocycles. The summed E-state index contributed by atoms with van der Waals surface area (Å²) >= 11 is 3.33. The van der Waals surface area contributed by atoms with Crippen molar-refractivity contribution in [2.45, 2.75) is 18.9 Å². The van der Waals surface area contributed by atoms with Crippen molar-refractivity contribution >= 4 is 27.8 Å². The van der Waals surface area contributed by atoms with Crippen LogP contribution in [0.1, 0.15) is 23.2 Å². The van der Waals surface area contributed by atoms with Gasteiger partial charge in [-0.2, -0.15) is 0 Å². The number of hydrogen-bond acceptors (Lipinski definition) is 4. The predicted molar refractivity (Wildman–Crippen MR) is 78.9 cm³/mol. The number of halogens is 1. The van der Waals surface area contributed by atoms with Crippen molar-refractivity contribution in [2.75, 3.05) is 20.8 Å². The van der Waals surface area contributed by atoms with E-state index in [9.17, 15) is 9.59 Å². The monoisotopic (exact) mass is 357 g/mol. The van der Waals surface area contributed by atoms with Gasteiger partial charge in [0, 0.05) is 12.1 Å². The maximum atomic E-state index is 12.5. The van der Waals surface area contributed by atoms with Crippen LogP contribution in [-0.4, -0.2) is 48.7 Å². The highest BCUT2D eigenvalue weighted by Crippen LogP contribution is 2.37. The molecule has 1 N–H and O–H groups in total. The highest BCUT2D eigenvalue weighted by molar-refractivity contribution is 9.10. The molecular formula is C14H16BrNO5.